The Morgan fingerprint density at radius 3 is 2.74 bits per heavy atom. The summed E-state index contributed by atoms with van der Waals surface area (Å²) in [6.45, 7) is 1.98. The first kappa shape index (κ1) is 14.1. The van der Waals surface area contributed by atoms with E-state index in [1.165, 1.54) is 32.1 Å². The van der Waals surface area contributed by atoms with E-state index in [0.717, 1.165) is 16.8 Å². The van der Waals surface area contributed by atoms with Crippen LogP contribution in [0.3, 0.4) is 0 Å². The zero-order valence-electron chi connectivity index (χ0n) is 11.6. The van der Waals surface area contributed by atoms with Crippen molar-refractivity contribution in [3.8, 4) is 0 Å². The minimum absolute atomic E-state index is 0.00573. The highest BCUT2D eigenvalue weighted by molar-refractivity contribution is 5.91. The van der Waals surface area contributed by atoms with Crippen LogP contribution in [0.25, 0.3) is 0 Å². The van der Waals surface area contributed by atoms with E-state index in [-0.39, 0.29) is 12.5 Å². The van der Waals surface area contributed by atoms with Gasteiger partial charge < -0.3 is 10.4 Å². The average molecular weight is 261 g/mol. The lowest BCUT2D eigenvalue weighted by atomic mass is 9.87. The van der Waals surface area contributed by atoms with Crippen molar-refractivity contribution >= 4 is 11.6 Å². The van der Waals surface area contributed by atoms with Crippen LogP contribution in [0, 0.1) is 12.8 Å². The van der Waals surface area contributed by atoms with E-state index >= 15 is 0 Å². The number of rotatable bonds is 4. The van der Waals surface area contributed by atoms with Gasteiger partial charge in [-0.1, -0.05) is 31.4 Å². The lowest BCUT2D eigenvalue weighted by Crippen LogP contribution is -2.18. The topological polar surface area (TPSA) is 49.3 Å². The van der Waals surface area contributed by atoms with Crippen LogP contribution in [0.1, 0.15) is 49.7 Å². The van der Waals surface area contributed by atoms with Crippen LogP contribution in [-0.2, 0) is 11.4 Å². The van der Waals surface area contributed by atoms with Crippen LogP contribution < -0.4 is 5.32 Å². The maximum Gasteiger partial charge on any atom is 0.224 e. The maximum absolute atomic E-state index is 12.1. The summed E-state index contributed by atoms with van der Waals surface area (Å²) in [5.74, 6) is 0.653. The third-order valence-electron chi connectivity index (χ3n) is 3.96. The minimum Gasteiger partial charge on any atom is -0.392 e. The summed E-state index contributed by atoms with van der Waals surface area (Å²) in [6, 6.07) is 5.67. The molecule has 1 fully saturated rings. The molecule has 0 bridgehead atoms. The van der Waals surface area contributed by atoms with Crippen molar-refractivity contribution in [1.29, 1.82) is 0 Å². The van der Waals surface area contributed by atoms with E-state index in [0.29, 0.717) is 12.3 Å². The summed E-state index contributed by atoms with van der Waals surface area (Å²) in [4.78, 5) is 12.1. The van der Waals surface area contributed by atoms with E-state index in [4.69, 9.17) is 5.11 Å². The number of aliphatic hydroxyl groups is 1. The third-order valence-corrected chi connectivity index (χ3v) is 3.96. The summed E-state index contributed by atoms with van der Waals surface area (Å²) in [5, 5.41) is 12.1. The van der Waals surface area contributed by atoms with Crippen LogP contribution in [-0.4, -0.2) is 11.0 Å². The van der Waals surface area contributed by atoms with Gasteiger partial charge in [0, 0.05) is 12.1 Å². The highest BCUT2D eigenvalue weighted by atomic mass is 16.3. The first-order valence-corrected chi connectivity index (χ1v) is 7.19. The molecule has 1 aromatic carbocycles. The zero-order chi connectivity index (χ0) is 13.7. The molecule has 1 amide bonds. The Kier molecular flexibility index (Phi) is 4.97. The molecule has 0 unspecified atom stereocenters. The van der Waals surface area contributed by atoms with E-state index in [9.17, 15) is 4.79 Å². The first-order chi connectivity index (χ1) is 9.19. The second-order valence-electron chi connectivity index (χ2n) is 5.56. The quantitative estimate of drug-likeness (QED) is 0.872. The van der Waals surface area contributed by atoms with Crippen molar-refractivity contribution in [1.82, 2.24) is 0 Å². The predicted octanol–water partition coefficient (Wildman–Crippen LogP) is 3.40. The Hall–Kier alpha value is -1.35. The van der Waals surface area contributed by atoms with Crippen LogP contribution in [0.2, 0.25) is 0 Å². The van der Waals surface area contributed by atoms with Gasteiger partial charge in [0.1, 0.15) is 0 Å². The van der Waals surface area contributed by atoms with Crippen molar-refractivity contribution in [2.45, 2.75) is 52.1 Å². The molecular weight excluding hydrogens is 238 g/mol. The maximum atomic E-state index is 12.1. The molecule has 3 heteroatoms. The molecule has 19 heavy (non-hydrogen) atoms. The van der Waals surface area contributed by atoms with Crippen molar-refractivity contribution in [3.63, 3.8) is 0 Å². The third kappa shape index (κ3) is 4.06. The molecule has 0 aliphatic heterocycles. The summed E-state index contributed by atoms with van der Waals surface area (Å²) in [6.07, 6.45) is 6.83. The lowest BCUT2D eigenvalue weighted by molar-refractivity contribution is -0.117. The van der Waals surface area contributed by atoms with Crippen LogP contribution >= 0.6 is 0 Å². The summed E-state index contributed by atoms with van der Waals surface area (Å²) < 4.78 is 0. The largest absolute Gasteiger partial charge is 0.392 e. The van der Waals surface area contributed by atoms with E-state index in [2.05, 4.69) is 5.32 Å². The second-order valence-corrected chi connectivity index (χ2v) is 5.56. The van der Waals surface area contributed by atoms with E-state index in [1.807, 2.05) is 25.1 Å². The number of nitrogens with one attached hydrogen (secondary N) is 1. The number of benzene rings is 1. The molecule has 1 aliphatic carbocycles. The molecule has 3 nitrogen and oxygen atoms in total. The Morgan fingerprint density at radius 1 is 1.32 bits per heavy atom. The van der Waals surface area contributed by atoms with Gasteiger partial charge in [0.15, 0.2) is 0 Å². The monoisotopic (exact) mass is 261 g/mol. The van der Waals surface area contributed by atoms with Gasteiger partial charge in [0.25, 0.3) is 0 Å². The fourth-order valence-electron chi connectivity index (χ4n) is 2.76. The number of aliphatic hydroxyl groups excluding tert-OH is 1. The van der Waals surface area contributed by atoms with Crippen LogP contribution in [0.5, 0.6) is 0 Å². The fraction of sp³-hybridized carbons (Fsp3) is 0.562. The minimum atomic E-state index is 0.00573. The molecule has 0 saturated heterocycles. The second kappa shape index (κ2) is 6.71. The number of aryl methyl sites for hydroxylation is 1. The molecule has 0 spiro atoms. The Labute approximate surface area is 115 Å². The molecule has 1 saturated carbocycles. The Morgan fingerprint density at radius 2 is 2.05 bits per heavy atom. The van der Waals surface area contributed by atoms with E-state index in [1.54, 1.807) is 0 Å². The van der Waals surface area contributed by atoms with E-state index < -0.39 is 0 Å². The van der Waals surface area contributed by atoms with Crippen molar-refractivity contribution in [2.24, 2.45) is 5.92 Å². The lowest BCUT2D eigenvalue weighted by Gasteiger charge is -2.21. The molecule has 104 valence electrons. The predicted molar refractivity (Wildman–Crippen MR) is 76.9 cm³/mol. The van der Waals surface area contributed by atoms with Gasteiger partial charge in [-0.25, -0.2) is 0 Å². The number of hydrogen-bond acceptors (Lipinski definition) is 2. The molecule has 2 N–H and O–H groups in total. The molecule has 0 heterocycles. The molecule has 0 aromatic heterocycles. The number of amides is 1. The molecule has 0 radical (unpaired) electrons. The normalized spacial score (nSPS) is 16.3. The van der Waals surface area contributed by atoms with Gasteiger partial charge in [0.05, 0.1) is 6.61 Å². The Balaban J connectivity index is 1.94. The van der Waals surface area contributed by atoms with Gasteiger partial charge in [-0.2, -0.15) is 0 Å². The molecular formula is C16H23NO2. The molecule has 1 aromatic rings. The number of anilines is 1. The van der Waals surface area contributed by atoms with Gasteiger partial charge in [0.2, 0.25) is 5.91 Å². The first-order valence-electron chi connectivity index (χ1n) is 7.19. The number of carbonyl (C=O) groups is 1. The summed E-state index contributed by atoms with van der Waals surface area (Å²) in [5.41, 5.74) is 2.69. The average Bonchev–Trinajstić information content (AvgIpc) is 2.42. The summed E-state index contributed by atoms with van der Waals surface area (Å²) >= 11 is 0. The van der Waals surface area contributed by atoms with Crippen molar-refractivity contribution in [3.05, 3.63) is 29.3 Å². The molecule has 1 aliphatic rings. The van der Waals surface area contributed by atoms with Gasteiger partial charge in [-0.15, -0.1) is 0 Å². The highest BCUT2D eigenvalue weighted by Gasteiger charge is 2.17. The van der Waals surface area contributed by atoms with Gasteiger partial charge in [-0.3, -0.25) is 4.79 Å². The summed E-state index contributed by atoms with van der Waals surface area (Å²) in [7, 11) is 0. The highest BCUT2D eigenvalue weighted by Crippen LogP contribution is 2.27. The smallest absolute Gasteiger partial charge is 0.224 e. The van der Waals surface area contributed by atoms with Crippen LogP contribution in [0.15, 0.2) is 18.2 Å². The van der Waals surface area contributed by atoms with Gasteiger partial charge >= 0.3 is 0 Å². The Bertz CT molecular complexity index is 436. The van der Waals surface area contributed by atoms with Crippen LogP contribution in [0.4, 0.5) is 5.69 Å². The fourth-order valence-corrected chi connectivity index (χ4v) is 2.76. The molecule has 0 atom stereocenters. The standard InChI is InChI=1S/C16H23NO2/c1-12-7-8-14(11-18)9-15(12)17-16(19)10-13-5-3-2-4-6-13/h7-9,13,18H,2-6,10-11H2,1H3,(H,17,19). The number of hydrogen-bond donors (Lipinski definition) is 2. The molecule has 2 rings (SSSR count). The van der Waals surface area contributed by atoms with Crippen molar-refractivity contribution in [2.75, 3.05) is 5.32 Å². The van der Waals surface area contributed by atoms with Gasteiger partial charge in [-0.05, 0) is 42.9 Å². The SMILES string of the molecule is Cc1ccc(CO)cc1NC(=O)CC1CCCCC1. The number of carbonyl (C=O) groups excluding carboxylic acids is 1. The zero-order valence-corrected chi connectivity index (χ0v) is 11.6. The van der Waals surface area contributed by atoms with Crippen molar-refractivity contribution < 1.29 is 9.90 Å².